The number of carbonyl (C=O) groups is 1. The predicted octanol–water partition coefficient (Wildman–Crippen LogP) is 1.91. The normalized spacial score (nSPS) is 10.4. The van der Waals surface area contributed by atoms with Crippen molar-refractivity contribution in [2.45, 2.75) is 26.9 Å². The van der Waals surface area contributed by atoms with Gasteiger partial charge >= 0.3 is 0 Å². The van der Waals surface area contributed by atoms with Gasteiger partial charge in [0, 0.05) is 17.7 Å². The number of benzene rings is 2. The second-order valence-corrected chi connectivity index (χ2v) is 5.77. The van der Waals surface area contributed by atoms with Gasteiger partial charge in [-0.15, -0.1) is 0 Å². The molecule has 2 N–H and O–H groups in total. The van der Waals surface area contributed by atoms with E-state index in [0.29, 0.717) is 17.7 Å². The molecule has 0 heterocycles. The molecule has 24 heavy (non-hydrogen) atoms. The molecule has 2 aromatic carbocycles. The summed E-state index contributed by atoms with van der Waals surface area (Å²) < 4.78 is 0. The van der Waals surface area contributed by atoms with E-state index in [1.165, 1.54) is 10.5 Å². The highest BCUT2D eigenvalue weighted by Gasteiger charge is 2.10. The van der Waals surface area contributed by atoms with E-state index < -0.39 is 0 Å². The largest absolute Gasteiger partial charge is 0.348 e. The molecule has 0 aliphatic heterocycles. The number of rotatable bonds is 7. The van der Waals surface area contributed by atoms with Gasteiger partial charge in [0.05, 0.1) is 24.7 Å². The van der Waals surface area contributed by atoms with Crippen LogP contribution in [0.3, 0.4) is 0 Å². The van der Waals surface area contributed by atoms with Crippen molar-refractivity contribution in [2.75, 3.05) is 13.1 Å². The minimum atomic E-state index is -0.121. The second-order valence-electron chi connectivity index (χ2n) is 5.77. The number of hydrogen-bond donors (Lipinski definition) is 2. The first-order valence-electron chi connectivity index (χ1n) is 8.36. The number of nitriles is 1. The van der Waals surface area contributed by atoms with Crippen molar-refractivity contribution in [3.63, 3.8) is 0 Å². The third-order valence-electron chi connectivity index (χ3n) is 4.27. The van der Waals surface area contributed by atoms with E-state index in [-0.39, 0.29) is 5.91 Å². The Morgan fingerprint density at radius 1 is 1.04 bits per heavy atom. The Hall–Kier alpha value is -2.64. The predicted molar refractivity (Wildman–Crippen MR) is 94.5 cm³/mol. The summed E-state index contributed by atoms with van der Waals surface area (Å²) in [5.74, 6) is -0.121. The van der Waals surface area contributed by atoms with Crippen LogP contribution in [0.2, 0.25) is 0 Å². The van der Waals surface area contributed by atoms with Crippen LogP contribution in [0.5, 0.6) is 0 Å². The Labute approximate surface area is 143 Å². The van der Waals surface area contributed by atoms with Gasteiger partial charge in [0.2, 0.25) is 0 Å². The fraction of sp³-hybridized carbons (Fsp3) is 0.300. The molecular formula is C20H24N3O+. The van der Waals surface area contributed by atoms with Crippen LogP contribution in [0.4, 0.5) is 0 Å². The molecular weight excluding hydrogens is 298 g/mol. The zero-order valence-corrected chi connectivity index (χ0v) is 14.3. The molecule has 4 nitrogen and oxygen atoms in total. The minimum absolute atomic E-state index is 0.121. The van der Waals surface area contributed by atoms with E-state index in [1.54, 1.807) is 24.3 Å². The van der Waals surface area contributed by atoms with Crippen molar-refractivity contribution in [1.82, 2.24) is 5.32 Å². The summed E-state index contributed by atoms with van der Waals surface area (Å²) in [6.45, 7) is 8.03. The number of quaternary nitrogens is 1. The second kappa shape index (κ2) is 8.85. The molecule has 0 spiro atoms. The highest BCUT2D eigenvalue weighted by molar-refractivity contribution is 5.94. The highest BCUT2D eigenvalue weighted by atomic mass is 16.1. The maximum Gasteiger partial charge on any atom is 0.251 e. The summed E-state index contributed by atoms with van der Waals surface area (Å²) in [7, 11) is 0. The number of hydrogen-bond acceptors (Lipinski definition) is 2. The Bertz CT molecular complexity index is 712. The monoisotopic (exact) mass is 322 g/mol. The molecule has 0 saturated heterocycles. The molecule has 2 rings (SSSR count). The topological polar surface area (TPSA) is 57.3 Å². The zero-order chi connectivity index (χ0) is 17.4. The van der Waals surface area contributed by atoms with Crippen LogP contribution >= 0.6 is 0 Å². The first-order valence-corrected chi connectivity index (χ1v) is 8.36. The summed E-state index contributed by atoms with van der Waals surface area (Å²) in [6, 6.07) is 17.0. The smallest absolute Gasteiger partial charge is 0.251 e. The van der Waals surface area contributed by atoms with Crippen LogP contribution in [-0.4, -0.2) is 19.0 Å². The van der Waals surface area contributed by atoms with Crippen LogP contribution < -0.4 is 10.2 Å². The van der Waals surface area contributed by atoms with Gasteiger partial charge in [-0.2, -0.15) is 5.26 Å². The molecule has 0 aromatic heterocycles. The molecule has 4 heteroatoms. The van der Waals surface area contributed by atoms with Crippen LogP contribution in [0.15, 0.2) is 48.5 Å². The summed E-state index contributed by atoms with van der Waals surface area (Å²) >= 11 is 0. The third kappa shape index (κ3) is 4.68. The van der Waals surface area contributed by atoms with Gasteiger partial charge in [-0.1, -0.05) is 24.3 Å². The Morgan fingerprint density at radius 3 is 2.25 bits per heavy atom. The van der Waals surface area contributed by atoms with Crippen molar-refractivity contribution < 1.29 is 9.69 Å². The van der Waals surface area contributed by atoms with Crippen molar-refractivity contribution >= 4 is 5.91 Å². The molecule has 0 fully saturated rings. The average molecular weight is 322 g/mol. The van der Waals surface area contributed by atoms with Crippen molar-refractivity contribution in [1.29, 1.82) is 5.26 Å². The van der Waals surface area contributed by atoms with Crippen LogP contribution in [0.25, 0.3) is 0 Å². The molecule has 0 unspecified atom stereocenters. The lowest BCUT2D eigenvalue weighted by Gasteiger charge is -2.18. The van der Waals surface area contributed by atoms with E-state index in [1.807, 2.05) is 12.1 Å². The lowest BCUT2D eigenvalue weighted by atomic mass is 10.1. The van der Waals surface area contributed by atoms with Gasteiger partial charge in [0.15, 0.2) is 0 Å². The van der Waals surface area contributed by atoms with Crippen molar-refractivity contribution in [3.8, 4) is 6.07 Å². The quantitative estimate of drug-likeness (QED) is 0.818. The standard InChI is InChI=1S/C20H23N3O/c1-3-23(4-2)15-19-8-6-5-7-18(19)14-22-20(24)17-11-9-16(13-21)10-12-17/h5-12H,3-4,14-15H2,1-2H3,(H,22,24)/p+1. The van der Waals surface area contributed by atoms with Gasteiger partial charge in [-0.25, -0.2) is 0 Å². The first-order chi connectivity index (χ1) is 11.7. The molecule has 0 bridgehead atoms. The van der Waals surface area contributed by atoms with Gasteiger partial charge in [0.1, 0.15) is 6.54 Å². The fourth-order valence-electron chi connectivity index (χ4n) is 2.65. The van der Waals surface area contributed by atoms with Crippen LogP contribution in [0, 0.1) is 11.3 Å². The summed E-state index contributed by atoms with van der Waals surface area (Å²) in [5.41, 5.74) is 3.55. The summed E-state index contributed by atoms with van der Waals surface area (Å²) in [4.78, 5) is 13.8. The highest BCUT2D eigenvalue weighted by Crippen LogP contribution is 2.09. The molecule has 1 amide bonds. The van der Waals surface area contributed by atoms with Gasteiger partial charge in [-0.3, -0.25) is 4.79 Å². The van der Waals surface area contributed by atoms with Crippen LogP contribution in [-0.2, 0) is 13.1 Å². The molecule has 2 aromatic rings. The van der Waals surface area contributed by atoms with E-state index >= 15 is 0 Å². The SMILES string of the molecule is CC[NH+](CC)Cc1ccccc1CNC(=O)c1ccc(C#N)cc1. The third-order valence-corrected chi connectivity index (χ3v) is 4.27. The lowest BCUT2D eigenvalue weighted by Crippen LogP contribution is -3.10. The first kappa shape index (κ1) is 17.7. The number of nitrogens with one attached hydrogen (secondary N) is 2. The molecule has 0 aliphatic carbocycles. The number of carbonyl (C=O) groups excluding carboxylic acids is 1. The van der Waals surface area contributed by atoms with Crippen LogP contribution in [0.1, 0.15) is 40.9 Å². The molecule has 0 saturated carbocycles. The zero-order valence-electron chi connectivity index (χ0n) is 14.3. The molecule has 0 radical (unpaired) electrons. The van der Waals surface area contributed by atoms with E-state index in [0.717, 1.165) is 25.2 Å². The van der Waals surface area contributed by atoms with E-state index in [4.69, 9.17) is 5.26 Å². The maximum absolute atomic E-state index is 12.3. The molecule has 0 aliphatic rings. The van der Waals surface area contributed by atoms with Gasteiger partial charge in [0.25, 0.3) is 5.91 Å². The van der Waals surface area contributed by atoms with Crippen molar-refractivity contribution in [3.05, 3.63) is 70.8 Å². The Morgan fingerprint density at radius 2 is 1.67 bits per heavy atom. The van der Waals surface area contributed by atoms with Gasteiger partial charge < -0.3 is 10.2 Å². The molecule has 124 valence electrons. The van der Waals surface area contributed by atoms with Crippen molar-refractivity contribution in [2.24, 2.45) is 0 Å². The lowest BCUT2D eigenvalue weighted by molar-refractivity contribution is -0.910. The number of amides is 1. The fourth-order valence-corrected chi connectivity index (χ4v) is 2.65. The van der Waals surface area contributed by atoms with E-state index in [9.17, 15) is 4.79 Å². The Kier molecular flexibility index (Phi) is 6.53. The summed E-state index contributed by atoms with van der Waals surface area (Å²) in [6.07, 6.45) is 0. The summed E-state index contributed by atoms with van der Waals surface area (Å²) in [5, 5.41) is 11.8. The molecule has 0 atom stereocenters. The Balaban J connectivity index is 2.03. The maximum atomic E-state index is 12.3. The average Bonchev–Trinajstić information content (AvgIpc) is 2.65. The number of nitrogens with zero attached hydrogens (tertiary/aromatic N) is 1. The van der Waals surface area contributed by atoms with E-state index in [2.05, 4.69) is 37.4 Å². The minimum Gasteiger partial charge on any atom is -0.348 e. The van der Waals surface area contributed by atoms with Gasteiger partial charge in [-0.05, 0) is 43.7 Å².